The van der Waals surface area contributed by atoms with Crippen LogP contribution in [0, 0.1) is 0 Å². The lowest BCUT2D eigenvalue weighted by Gasteiger charge is -2.35. The van der Waals surface area contributed by atoms with Crippen LogP contribution in [-0.4, -0.2) is 66.6 Å². The Hall–Kier alpha value is -1.87. The summed E-state index contributed by atoms with van der Waals surface area (Å²) >= 11 is 0. The number of rotatable bonds is 6. The Morgan fingerprint density at radius 3 is 2.43 bits per heavy atom. The molecule has 1 saturated heterocycles. The van der Waals surface area contributed by atoms with Crippen LogP contribution < -0.4 is 14.8 Å². The van der Waals surface area contributed by atoms with Gasteiger partial charge in [-0.15, -0.1) is 0 Å². The zero-order chi connectivity index (χ0) is 17.0. The molecule has 2 rings (SSSR count). The van der Waals surface area contributed by atoms with E-state index in [0.717, 1.165) is 5.56 Å². The molecule has 1 heterocycles. The SMILES string of the molecule is COc1ccc(CCOC2NC(=O)C(O)C(O)C2O)cc1OC. The molecule has 0 saturated carbocycles. The second-order valence-electron chi connectivity index (χ2n) is 5.17. The number of hydrogen-bond donors (Lipinski definition) is 4. The third kappa shape index (κ3) is 3.91. The molecule has 0 bridgehead atoms. The van der Waals surface area contributed by atoms with E-state index in [0.29, 0.717) is 17.9 Å². The average molecular weight is 327 g/mol. The second-order valence-corrected chi connectivity index (χ2v) is 5.17. The summed E-state index contributed by atoms with van der Waals surface area (Å²) in [5, 5.41) is 31.0. The van der Waals surface area contributed by atoms with Gasteiger partial charge in [0.15, 0.2) is 23.8 Å². The summed E-state index contributed by atoms with van der Waals surface area (Å²) in [5.74, 6) is 0.428. The van der Waals surface area contributed by atoms with E-state index in [-0.39, 0.29) is 6.61 Å². The van der Waals surface area contributed by atoms with Crippen molar-refractivity contribution >= 4 is 5.91 Å². The normalized spacial score (nSPS) is 27.4. The Kier molecular flexibility index (Phi) is 5.78. The smallest absolute Gasteiger partial charge is 0.253 e. The molecule has 4 atom stereocenters. The minimum absolute atomic E-state index is 0.195. The number of ether oxygens (including phenoxy) is 3. The molecule has 0 aliphatic carbocycles. The third-order valence-electron chi connectivity index (χ3n) is 3.67. The summed E-state index contributed by atoms with van der Waals surface area (Å²) < 4.78 is 15.8. The van der Waals surface area contributed by atoms with Crippen molar-refractivity contribution < 1.29 is 34.3 Å². The fraction of sp³-hybridized carbons (Fsp3) is 0.533. The molecule has 1 aromatic carbocycles. The van der Waals surface area contributed by atoms with Gasteiger partial charge in [0.1, 0.15) is 12.2 Å². The van der Waals surface area contributed by atoms with Gasteiger partial charge in [0, 0.05) is 0 Å². The number of hydrogen-bond acceptors (Lipinski definition) is 7. The molecule has 4 N–H and O–H groups in total. The molecule has 1 amide bonds. The number of aliphatic hydroxyl groups is 3. The van der Waals surface area contributed by atoms with Crippen molar-refractivity contribution in [2.24, 2.45) is 0 Å². The zero-order valence-electron chi connectivity index (χ0n) is 12.9. The van der Waals surface area contributed by atoms with Crippen molar-refractivity contribution in [3.63, 3.8) is 0 Å². The van der Waals surface area contributed by atoms with E-state index in [1.165, 1.54) is 0 Å². The first-order valence-corrected chi connectivity index (χ1v) is 7.15. The van der Waals surface area contributed by atoms with E-state index in [9.17, 15) is 20.1 Å². The maximum atomic E-state index is 11.4. The first-order chi connectivity index (χ1) is 11.0. The van der Waals surface area contributed by atoms with Crippen LogP contribution in [0.15, 0.2) is 18.2 Å². The molecular formula is C15H21NO7. The van der Waals surface area contributed by atoms with Crippen LogP contribution in [0.25, 0.3) is 0 Å². The van der Waals surface area contributed by atoms with Gasteiger partial charge in [0.25, 0.3) is 5.91 Å². The summed E-state index contributed by atoms with van der Waals surface area (Å²) in [6.07, 6.45) is -5.20. The highest BCUT2D eigenvalue weighted by atomic mass is 16.5. The monoisotopic (exact) mass is 327 g/mol. The topological polar surface area (TPSA) is 117 Å². The van der Waals surface area contributed by atoms with Crippen molar-refractivity contribution in [1.29, 1.82) is 0 Å². The predicted octanol–water partition coefficient (Wildman–Crippen LogP) is -1.20. The average Bonchev–Trinajstić information content (AvgIpc) is 2.57. The lowest BCUT2D eigenvalue weighted by molar-refractivity contribution is -0.178. The Bertz CT molecular complexity index is 551. The summed E-state index contributed by atoms with van der Waals surface area (Å²) in [6.45, 7) is 0.195. The van der Waals surface area contributed by atoms with Gasteiger partial charge in [0.2, 0.25) is 0 Å². The molecule has 128 valence electrons. The number of amides is 1. The van der Waals surface area contributed by atoms with Crippen molar-refractivity contribution in [3.05, 3.63) is 23.8 Å². The van der Waals surface area contributed by atoms with Gasteiger partial charge in [-0.1, -0.05) is 6.07 Å². The van der Waals surface area contributed by atoms with Crippen molar-refractivity contribution in [2.45, 2.75) is 31.0 Å². The van der Waals surface area contributed by atoms with E-state index in [1.54, 1.807) is 26.4 Å². The zero-order valence-corrected chi connectivity index (χ0v) is 12.9. The minimum Gasteiger partial charge on any atom is -0.493 e. The number of piperidine rings is 1. The van der Waals surface area contributed by atoms with Crippen LogP contribution in [-0.2, 0) is 16.0 Å². The van der Waals surface area contributed by atoms with Crippen molar-refractivity contribution in [2.75, 3.05) is 20.8 Å². The van der Waals surface area contributed by atoms with Crippen LogP contribution in [0.4, 0.5) is 0 Å². The molecule has 0 aromatic heterocycles. The lowest BCUT2D eigenvalue weighted by Crippen LogP contribution is -2.63. The van der Waals surface area contributed by atoms with Crippen molar-refractivity contribution in [3.8, 4) is 11.5 Å². The lowest BCUT2D eigenvalue weighted by atomic mass is 10.0. The van der Waals surface area contributed by atoms with E-state index < -0.39 is 30.4 Å². The van der Waals surface area contributed by atoms with Gasteiger partial charge >= 0.3 is 0 Å². The summed E-state index contributed by atoms with van der Waals surface area (Å²) in [6, 6.07) is 5.42. The predicted molar refractivity (Wildman–Crippen MR) is 79.2 cm³/mol. The highest BCUT2D eigenvalue weighted by Gasteiger charge is 2.42. The standard InChI is InChI=1S/C15H21NO7/c1-21-9-4-3-8(7-10(9)22-2)5-6-23-15-13(19)11(17)12(18)14(20)16-15/h3-4,7,11-13,15,17-19H,5-6H2,1-2H3,(H,16,20). The van der Waals surface area contributed by atoms with Crippen LogP contribution in [0.5, 0.6) is 11.5 Å². The van der Waals surface area contributed by atoms with Crippen LogP contribution in [0.3, 0.4) is 0 Å². The van der Waals surface area contributed by atoms with E-state index in [2.05, 4.69) is 5.32 Å². The highest BCUT2D eigenvalue weighted by molar-refractivity contribution is 5.82. The molecule has 4 unspecified atom stereocenters. The highest BCUT2D eigenvalue weighted by Crippen LogP contribution is 2.27. The number of benzene rings is 1. The largest absolute Gasteiger partial charge is 0.493 e. The van der Waals surface area contributed by atoms with Crippen LogP contribution in [0.2, 0.25) is 0 Å². The van der Waals surface area contributed by atoms with Crippen LogP contribution in [0.1, 0.15) is 5.56 Å². The van der Waals surface area contributed by atoms with Gasteiger partial charge in [-0.25, -0.2) is 0 Å². The van der Waals surface area contributed by atoms with E-state index >= 15 is 0 Å². The summed E-state index contributed by atoms with van der Waals surface area (Å²) in [5.41, 5.74) is 0.917. The number of nitrogens with one attached hydrogen (secondary N) is 1. The quantitative estimate of drug-likeness (QED) is 0.518. The molecular weight excluding hydrogens is 306 g/mol. The number of carbonyl (C=O) groups excluding carboxylic acids is 1. The molecule has 1 aliphatic heterocycles. The molecule has 8 heteroatoms. The summed E-state index contributed by atoms with van der Waals surface area (Å²) in [7, 11) is 3.09. The van der Waals surface area contributed by atoms with Gasteiger partial charge in [-0.2, -0.15) is 0 Å². The van der Waals surface area contributed by atoms with Gasteiger partial charge < -0.3 is 34.8 Å². The Morgan fingerprint density at radius 2 is 1.78 bits per heavy atom. The molecule has 1 fully saturated rings. The van der Waals surface area contributed by atoms with E-state index in [4.69, 9.17) is 14.2 Å². The minimum atomic E-state index is -1.66. The molecule has 1 aliphatic rings. The third-order valence-corrected chi connectivity index (χ3v) is 3.67. The Labute approximate surface area is 133 Å². The molecule has 0 radical (unpaired) electrons. The number of methoxy groups -OCH3 is 2. The van der Waals surface area contributed by atoms with Crippen LogP contribution >= 0.6 is 0 Å². The summed E-state index contributed by atoms with van der Waals surface area (Å²) in [4.78, 5) is 11.4. The number of aliphatic hydroxyl groups excluding tert-OH is 3. The number of carbonyl (C=O) groups is 1. The first kappa shape index (κ1) is 17.5. The maximum Gasteiger partial charge on any atom is 0.253 e. The first-order valence-electron chi connectivity index (χ1n) is 7.15. The van der Waals surface area contributed by atoms with Gasteiger partial charge in [-0.05, 0) is 24.1 Å². The van der Waals surface area contributed by atoms with Gasteiger partial charge in [-0.3, -0.25) is 4.79 Å². The molecule has 1 aromatic rings. The second kappa shape index (κ2) is 7.60. The molecule has 0 spiro atoms. The molecule has 8 nitrogen and oxygen atoms in total. The van der Waals surface area contributed by atoms with E-state index in [1.807, 2.05) is 6.07 Å². The fourth-order valence-electron chi connectivity index (χ4n) is 2.31. The van der Waals surface area contributed by atoms with Crippen molar-refractivity contribution in [1.82, 2.24) is 5.32 Å². The Morgan fingerprint density at radius 1 is 1.09 bits per heavy atom. The van der Waals surface area contributed by atoms with Gasteiger partial charge in [0.05, 0.1) is 20.8 Å². The maximum absolute atomic E-state index is 11.4. The Balaban J connectivity index is 1.91. The fourth-order valence-corrected chi connectivity index (χ4v) is 2.31. The molecule has 23 heavy (non-hydrogen) atoms.